The number of pyridine rings is 1. The number of nitrogens with zero attached hydrogens (tertiary/aromatic N) is 1. The number of nitrogen functional groups attached to an aromatic ring is 1. The Balaban J connectivity index is 2.40. The van der Waals surface area contributed by atoms with Crippen LogP contribution in [0.15, 0.2) is 42.6 Å². The number of anilines is 1. The van der Waals surface area contributed by atoms with Gasteiger partial charge >= 0.3 is 0 Å². The van der Waals surface area contributed by atoms with Crippen LogP contribution in [0, 0.1) is 12.3 Å². The van der Waals surface area contributed by atoms with Gasteiger partial charge in [-0.3, -0.25) is 5.41 Å². The molecule has 0 spiro atoms. The quantitative estimate of drug-likeness (QED) is 0.749. The third kappa shape index (κ3) is 1.93. The van der Waals surface area contributed by atoms with Crippen LogP contribution in [0.25, 0.3) is 0 Å². The number of nitrogens with two attached hydrogens (primary N) is 1. The minimum atomic E-state index is 0.396. The van der Waals surface area contributed by atoms with Crippen LogP contribution in [0.5, 0.6) is 0 Å². The Kier molecular flexibility index (Phi) is 2.68. The highest BCUT2D eigenvalue weighted by atomic mass is 14.8. The van der Waals surface area contributed by atoms with Crippen molar-refractivity contribution in [3.63, 3.8) is 0 Å². The number of rotatable bonds is 2. The molecule has 3 heteroatoms. The van der Waals surface area contributed by atoms with Crippen molar-refractivity contribution in [3.8, 4) is 0 Å². The summed E-state index contributed by atoms with van der Waals surface area (Å²) >= 11 is 0. The van der Waals surface area contributed by atoms with Crippen molar-refractivity contribution in [1.82, 2.24) is 4.98 Å². The Hall–Kier alpha value is -2.16. The van der Waals surface area contributed by atoms with Crippen molar-refractivity contribution in [2.45, 2.75) is 6.92 Å². The molecule has 0 aliphatic rings. The van der Waals surface area contributed by atoms with Crippen molar-refractivity contribution in [3.05, 3.63) is 59.3 Å². The maximum atomic E-state index is 8.06. The lowest BCUT2D eigenvalue weighted by molar-refractivity contribution is 1.31. The van der Waals surface area contributed by atoms with E-state index in [-0.39, 0.29) is 0 Å². The molecule has 0 aliphatic heterocycles. The van der Waals surface area contributed by atoms with E-state index in [2.05, 4.69) is 4.98 Å². The fraction of sp³-hybridized carbons (Fsp3) is 0.0769. The normalized spacial score (nSPS) is 10.1. The Bertz CT molecular complexity index is 515. The number of hydrogen-bond donors (Lipinski definition) is 2. The summed E-state index contributed by atoms with van der Waals surface area (Å²) in [5, 5.41) is 8.06. The van der Waals surface area contributed by atoms with Crippen LogP contribution >= 0.6 is 0 Å². The van der Waals surface area contributed by atoms with Gasteiger partial charge in [-0.2, -0.15) is 0 Å². The van der Waals surface area contributed by atoms with Gasteiger partial charge in [-0.25, -0.2) is 4.98 Å². The Morgan fingerprint density at radius 1 is 1.19 bits per heavy atom. The van der Waals surface area contributed by atoms with Crippen LogP contribution in [-0.2, 0) is 0 Å². The zero-order chi connectivity index (χ0) is 11.5. The molecule has 1 aromatic carbocycles. The summed E-state index contributed by atoms with van der Waals surface area (Å²) in [6.07, 6.45) is 1.63. The van der Waals surface area contributed by atoms with Crippen molar-refractivity contribution < 1.29 is 0 Å². The standard InChI is InChI=1S/C13H13N3/c1-9-4-6-10(7-5-9)12(14)11-3-2-8-16-13(11)15/h2-8,14H,1H3,(H2,15,16). The summed E-state index contributed by atoms with van der Waals surface area (Å²) in [7, 11) is 0. The molecule has 16 heavy (non-hydrogen) atoms. The number of aromatic nitrogens is 1. The molecule has 2 rings (SSSR count). The minimum Gasteiger partial charge on any atom is -0.383 e. The molecule has 0 bridgehead atoms. The average Bonchev–Trinajstić information content (AvgIpc) is 2.30. The second-order valence-corrected chi connectivity index (χ2v) is 3.68. The van der Waals surface area contributed by atoms with Crippen LogP contribution < -0.4 is 5.73 Å². The Labute approximate surface area is 94.5 Å². The topological polar surface area (TPSA) is 62.8 Å². The fourth-order valence-electron chi connectivity index (χ4n) is 1.50. The van der Waals surface area contributed by atoms with Crippen molar-refractivity contribution in [2.24, 2.45) is 0 Å². The van der Waals surface area contributed by atoms with Gasteiger partial charge in [0, 0.05) is 17.3 Å². The second kappa shape index (κ2) is 4.14. The molecule has 0 unspecified atom stereocenters. The molecule has 0 amide bonds. The summed E-state index contributed by atoms with van der Waals surface area (Å²) in [5.41, 5.74) is 8.85. The van der Waals surface area contributed by atoms with E-state index in [9.17, 15) is 0 Å². The molecule has 0 saturated heterocycles. The summed E-state index contributed by atoms with van der Waals surface area (Å²) < 4.78 is 0. The van der Waals surface area contributed by atoms with E-state index in [4.69, 9.17) is 11.1 Å². The van der Waals surface area contributed by atoms with Gasteiger partial charge in [0.2, 0.25) is 0 Å². The molecule has 3 nitrogen and oxygen atoms in total. The predicted molar refractivity (Wildman–Crippen MR) is 65.8 cm³/mol. The van der Waals surface area contributed by atoms with E-state index in [1.165, 1.54) is 5.56 Å². The third-order valence-electron chi connectivity index (χ3n) is 2.45. The fourth-order valence-corrected chi connectivity index (χ4v) is 1.50. The lowest BCUT2D eigenvalue weighted by atomic mass is 10.0. The average molecular weight is 211 g/mol. The van der Waals surface area contributed by atoms with Gasteiger partial charge in [0.15, 0.2) is 0 Å². The molecule has 0 fully saturated rings. The first-order valence-electron chi connectivity index (χ1n) is 5.05. The maximum absolute atomic E-state index is 8.06. The molecule has 1 aromatic heterocycles. The molecule has 3 N–H and O–H groups in total. The van der Waals surface area contributed by atoms with Gasteiger partial charge in [0.25, 0.3) is 0 Å². The zero-order valence-corrected chi connectivity index (χ0v) is 9.07. The van der Waals surface area contributed by atoms with E-state index in [1.807, 2.05) is 37.3 Å². The Morgan fingerprint density at radius 3 is 2.50 bits per heavy atom. The van der Waals surface area contributed by atoms with Crippen molar-refractivity contribution in [1.29, 1.82) is 5.41 Å². The number of aryl methyl sites for hydroxylation is 1. The highest BCUT2D eigenvalue weighted by Gasteiger charge is 2.07. The molecular formula is C13H13N3. The summed E-state index contributed by atoms with van der Waals surface area (Å²) in [6.45, 7) is 2.02. The number of hydrogen-bond acceptors (Lipinski definition) is 3. The molecule has 2 aromatic rings. The SMILES string of the molecule is Cc1ccc(C(=N)c2cccnc2N)cc1. The first-order chi connectivity index (χ1) is 7.68. The molecule has 0 atom stereocenters. The van der Waals surface area contributed by atoms with Gasteiger partial charge in [0.1, 0.15) is 5.82 Å². The maximum Gasteiger partial charge on any atom is 0.132 e. The summed E-state index contributed by atoms with van der Waals surface area (Å²) in [4.78, 5) is 3.98. The van der Waals surface area contributed by atoms with Crippen LogP contribution in [0.3, 0.4) is 0 Å². The number of nitrogens with one attached hydrogen (secondary N) is 1. The monoisotopic (exact) mass is 211 g/mol. The van der Waals surface area contributed by atoms with Gasteiger partial charge in [-0.15, -0.1) is 0 Å². The van der Waals surface area contributed by atoms with Crippen molar-refractivity contribution in [2.75, 3.05) is 5.73 Å². The lowest BCUT2D eigenvalue weighted by Gasteiger charge is -2.06. The zero-order valence-electron chi connectivity index (χ0n) is 9.07. The third-order valence-corrected chi connectivity index (χ3v) is 2.45. The van der Waals surface area contributed by atoms with Gasteiger partial charge < -0.3 is 5.73 Å². The molecule has 0 radical (unpaired) electrons. The van der Waals surface area contributed by atoms with Gasteiger partial charge in [-0.1, -0.05) is 29.8 Å². The highest BCUT2D eigenvalue weighted by molar-refractivity contribution is 6.13. The van der Waals surface area contributed by atoms with Crippen LogP contribution in [0.1, 0.15) is 16.7 Å². The van der Waals surface area contributed by atoms with E-state index in [1.54, 1.807) is 12.3 Å². The Morgan fingerprint density at radius 2 is 1.88 bits per heavy atom. The largest absolute Gasteiger partial charge is 0.383 e. The minimum absolute atomic E-state index is 0.396. The highest BCUT2D eigenvalue weighted by Crippen LogP contribution is 2.14. The predicted octanol–water partition coefficient (Wildman–Crippen LogP) is 2.39. The lowest BCUT2D eigenvalue weighted by Crippen LogP contribution is -2.06. The summed E-state index contributed by atoms with van der Waals surface area (Å²) in [5.74, 6) is 0.396. The van der Waals surface area contributed by atoms with Gasteiger partial charge in [-0.05, 0) is 19.1 Å². The van der Waals surface area contributed by atoms with Gasteiger partial charge in [0.05, 0.1) is 5.71 Å². The molecule has 0 saturated carbocycles. The smallest absolute Gasteiger partial charge is 0.132 e. The second-order valence-electron chi connectivity index (χ2n) is 3.68. The number of benzene rings is 1. The summed E-state index contributed by atoms with van der Waals surface area (Å²) in [6, 6.07) is 11.4. The van der Waals surface area contributed by atoms with Crippen LogP contribution in [0.2, 0.25) is 0 Å². The van der Waals surface area contributed by atoms with E-state index in [0.29, 0.717) is 17.1 Å². The van der Waals surface area contributed by atoms with E-state index in [0.717, 1.165) is 5.56 Å². The first-order valence-corrected chi connectivity index (χ1v) is 5.05. The molecule has 0 aliphatic carbocycles. The van der Waals surface area contributed by atoms with Crippen LogP contribution in [0.4, 0.5) is 5.82 Å². The molecule has 80 valence electrons. The molecule has 1 heterocycles. The van der Waals surface area contributed by atoms with Crippen molar-refractivity contribution >= 4 is 11.5 Å². The first kappa shape index (κ1) is 10.4. The van der Waals surface area contributed by atoms with Crippen LogP contribution in [-0.4, -0.2) is 10.7 Å². The van der Waals surface area contributed by atoms with E-state index >= 15 is 0 Å². The molecular weight excluding hydrogens is 198 g/mol. The van der Waals surface area contributed by atoms with E-state index < -0.39 is 0 Å².